The van der Waals surface area contributed by atoms with E-state index in [4.69, 9.17) is 11.6 Å². The molecular formula is C15H14ClNO. The van der Waals surface area contributed by atoms with Gasteiger partial charge in [-0.25, -0.2) is 0 Å². The van der Waals surface area contributed by atoms with Crippen molar-refractivity contribution in [3.8, 4) is 0 Å². The molecule has 0 bridgehead atoms. The van der Waals surface area contributed by atoms with Gasteiger partial charge < -0.3 is 5.32 Å². The number of benzene rings is 2. The van der Waals surface area contributed by atoms with Gasteiger partial charge in [0.05, 0.1) is 6.04 Å². The van der Waals surface area contributed by atoms with Crippen molar-refractivity contribution in [3.63, 3.8) is 0 Å². The Morgan fingerprint density at radius 3 is 2.11 bits per heavy atom. The standard InChI is InChI=1S/C15H14ClNO/c1-11(18)17-15(12-5-3-2-4-6-12)13-7-9-14(16)10-8-13/h2-10,15H,1H3,(H,17,18)/t15-/m1/s1. The summed E-state index contributed by atoms with van der Waals surface area (Å²) in [6, 6.07) is 17.2. The molecule has 0 aliphatic carbocycles. The van der Waals surface area contributed by atoms with Crippen LogP contribution in [0.5, 0.6) is 0 Å². The smallest absolute Gasteiger partial charge is 0.217 e. The van der Waals surface area contributed by atoms with Crippen molar-refractivity contribution in [2.45, 2.75) is 13.0 Å². The molecule has 0 aliphatic rings. The zero-order valence-corrected chi connectivity index (χ0v) is 10.8. The lowest BCUT2D eigenvalue weighted by molar-refractivity contribution is -0.119. The molecule has 0 aromatic heterocycles. The Morgan fingerprint density at radius 1 is 1.00 bits per heavy atom. The topological polar surface area (TPSA) is 29.1 Å². The number of amides is 1. The molecule has 1 N–H and O–H groups in total. The molecule has 92 valence electrons. The van der Waals surface area contributed by atoms with Crippen LogP contribution in [0.4, 0.5) is 0 Å². The van der Waals surface area contributed by atoms with Crippen LogP contribution in [0.2, 0.25) is 5.02 Å². The minimum absolute atomic E-state index is 0.0567. The van der Waals surface area contributed by atoms with Crippen LogP contribution in [-0.2, 0) is 4.79 Å². The van der Waals surface area contributed by atoms with E-state index in [1.165, 1.54) is 6.92 Å². The Hall–Kier alpha value is -1.80. The molecule has 3 heteroatoms. The van der Waals surface area contributed by atoms with E-state index in [1.807, 2.05) is 54.6 Å². The highest BCUT2D eigenvalue weighted by molar-refractivity contribution is 6.30. The number of hydrogen-bond acceptors (Lipinski definition) is 1. The van der Waals surface area contributed by atoms with Crippen molar-refractivity contribution < 1.29 is 4.79 Å². The fraction of sp³-hybridized carbons (Fsp3) is 0.133. The third-order valence-corrected chi connectivity index (χ3v) is 2.94. The second-order valence-electron chi connectivity index (χ2n) is 4.10. The van der Waals surface area contributed by atoms with Crippen molar-refractivity contribution in [1.29, 1.82) is 0 Å². The van der Waals surface area contributed by atoms with Crippen molar-refractivity contribution in [1.82, 2.24) is 5.32 Å². The van der Waals surface area contributed by atoms with Gasteiger partial charge in [-0.05, 0) is 23.3 Å². The predicted molar refractivity (Wildman–Crippen MR) is 73.6 cm³/mol. The quantitative estimate of drug-likeness (QED) is 0.897. The number of rotatable bonds is 3. The van der Waals surface area contributed by atoms with Crippen molar-refractivity contribution in [3.05, 3.63) is 70.7 Å². The number of halogens is 1. The molecule has 2 nitrogen and oxygen atoms in total. The highest BCUT2D eigenvalue weighted by Crippen LogP contribution is 2.23. The van der Waals surface area contributed by atoms with Crippen molar-refractivity contribution in [2.24, 2.45) is 0 Å². The van der Waals surface area contributed by atoms with E-state index >= 15 is 0 Å². The van der Waals surface area contributed by atoms with Gasteiger partial charge in [-0.2, -0.15) is 0 Å². The highest BCUT2D eigenvalue weighted by atomic mass is 35.5. The van der Waals surface area contributed by atoms with Gasteiger partial charge in [-0.3, -0.25) is 4.79 Å². The SMILES string of the molecule is CC(=O)N[C@H](c1ccccc1)c1ccc(Cl)cc1. The van der Waals surface area contributed by atoms with Crippen LogP contribution in [-0.4, -0.2) is 5.91 Å². The van der Waals surface area contributed by atoms with Gasteiger partial charge in [-0.15, -0.1) is 0 Å². The van der Waals surface area contributed by atoms with Crippen LogP contribution in [0.3, 0.4) is 0 Å². The molecule has 0 aliphatic heterocycles. The fourth-order valence-electron chi connectivity index (χ4n) is 1.86. The van der Waals surface area contributed by atoms with E-state index in [9.17, 15) is 4.79 Å². The molecule has 0 saturated heterocycles. The van der Waals surface area contributed by atoms with Crippen molar-refractivity contribution >= 4 is 17.5 Å². The van der Waals surface area contributed by atoms with Crippen LogP contribution in [0.25, 0.3) is 0 Å². The van der Waals surface area contributed by atoms with E-state index in [0.717, 1.165) is 11.1 Å². The number of nitrogens with one attached hydrogen (secondary N) is 1. The zero-order valence-electron chi connectivity index (χ0n) is 10.1. The number of carbonyl (C=O) groups is 1. The maximum absolute atomic E-state index is 11.3. The minimum Gasteiger partial charge on any atom is -0.345 e. The summed E-state index contributed by atoms with van der Waals surface area (Å²) in [5.41, 5.74) is 2.07. The van der Waals surface area contributed by atoms with Gasteiger partial charge in [0.1, 0.15) is 0 Å². The average Bonchev–Trinajstić information content (AvgIpc) is 2.38. The number of hydrogen-bond donors (Lipinski definition) is 1. The molecule has 2 aromatic carbocycles. The first kappa shape index (κ1) is 12.7. The van der Waals surface area contributed by atoms with E-state index in [0.29, 0.717) is 5.02 Å². The third kappa shape index (κ3) is 3.11. The van der Waals surface area contributed by atoms with Crippen molar-refractivity contribution in [2.75, 3.05) is 0 Å². The molecule has 0 radical (unpaired) electrons. The van der Waals surface area contributed by atoms with Gasteiger partial charge in [0.25, 0.3) is 0 Å². The fourth-order valence-corrected chi connectivity index (χ4v) is 1.99. The summed E-state index contributed by atoms with van der Waals surface area (Å²) in [5, 5.41) is 3.64. The molecule has 1 amide bonds. The predicted octanol–water partition coefficient (Wildman–Crippen LogP) is 3.57. The largest absolute Gasteiger partial charge is 0.345 e. The van der Waals surface area contributed by atoms with Crippen LogP contribution >= 0.6 is 11.6 Å². The first-order valence-electron chi connectivity index (χ1n) is 5.74. The number of carbonyl (C=O) groups excluding carboxylic acids is 1. The first-order valence-corrected chi connectivity index (χ1v) is 6.12. The van der Waals surface area contributed by atoms with Crippen LogP contribution < -0.4 is 5.32 Å². The molecule has 0 spiro atoms. The molecule has 0 heterocycles. The molecule has 1 atom stereocenters. The highest BCUT2D eigenvalue weighted by Gasteiger charge is 2.14. The Morgan fingerprint density at radius 2 is 1.56 bits per heavy atom. The zero-order chi connectivity index (χ0) is 13.0. The molecule has 18 heavy (non-hydrogen) atoms. The first-order chi connectivity index (χ1) is 8.66. The van der Waals surface area contributed by atoms with Gasteiger partial charge in [0.15, 0.2) is 0 Å². The molecule has 0 saturated carbocycles. The third-order valence-electron chi connectivity index (χ3n) is 2.68. The normalized spacial score (nSPS) is 11.9. The van der Waals surface area contributed by atoms with Gasteiger partial charge in [-0.1, -0.05) is 54.1 Å². The molecule has 0 unspecified atom stereocenters. The van der Waals surface area contributed by atoms with Gasteiger partial charge in [0, 0.05) is 11.9 Å². The minimum atomic E-state index is -0.138. The summed E-state index contributed by atoms with van der Waals surface area (Å²) in [7, 11) is 0. The Kier molecular flexibility index (Phi) is 4.00. The summed E-state index contributed by atoms with van der Waals surface area (Å²) < 4.78 is 0. The second-order valence-corrected chi connectivity index (χ2v) is 4.53. The lowest BCUT2D eigenvalue weighted by Gasteiger charge is -2.19. The van der Waals surface area contributed by atoms with Crippen LogP contribution in [0, 0.1) is 0 Å². The molecule has 0 fully saturated rings. The lowest BCUT2D eigenvalue weighted by Crippen LogP contribution is -2.26. The van der Waals surface area contributed by atoms with E-state index in [-0.39, 0.29) is 11.9 Å². The van der Waals surface area contributed by atoms with E-state index in [1.54, 1.807) is 0 Å². The maximum atomic E-state index is 11.3. The van der Waals surface area contributed by atoms with Crippen LogP contribution in [0.15, 0.2) is 54.6 Å². The summed E-state index contributed by atoms with van der Waals surface area (Å²) in [4.78, 5) is 11.3. The maximum Gasteiger partial charge on any atom is 0.217 e. The monoisotopic (exact) mass is 259 g/mol. The Labute approximate surface area is 112 Å². The van der Waals surface area contributed by atoms with E-state index < -0.39 is 0 Å². The molecule has 2 rings (SSSR count). The average molecular weight is 260 g/mol. The summed E-state index contributed by atoms with van der Waals surface area (Å²) >= 11 is 5.88. The van der Waals surface area contributed by atoms with Crippen LogP contribution in [0.1, 0.15) is 24.1 Å². The Balaban J connectivity index is 2.36. The summed E-state index contributed by atoms with van der Waals surface area (Å²) in [6.45, 7) is 1.52. The lowest BCUT2D eigenvalue weighted by atomic mass is 9.99. The summed E-state index contributed by atoms with van der Waals surface area (Å²) in [6.07, 6.45) is 0. The van der Waals surface area contributed by atoms with E-state index in [2.05, 4.69) is 5.32 Å². The van der Waals surface area contributed by atoms with Gasteiger partial charge in [0.2, 0.25) is 5.91 Å². The molecule has 2 aromatic rings. The van der Waals surface area contributed by atoms with Gasteiger partial charge >= 0.3 is 0 Å². The summed E-state index contributed by atoms with van der Waals surface area (Å²) in [5.74, 6) is -0.0567. The Bertz CT molecular complexity index is 522. The second kappa shape index (κ2) is 5.69. The molecular weight excluding hydrogens is 246 g/mol.